The Hall–Kier alpha value is -2.02. The number of aromatic nitrogens is 1. The molecule has 0 amide bonds. The second-order valence-electron chi connectivity index (χ2n) is 5.63. The third kappa shape index (κ3) is 3.75. The predicted octanol–water partition coefficient (Wildman–Crippen LogP) is 5.24. The summed E-state index contributed by atoms with van der Waals surface area (Å²) < 4.78 is 2.33. The fraction of sp³-hybridized carbons (Fsp3) is 0.300. The number of hydrogen-bond acceptors (Lipinski definition) is 0. The van der Waals surface area contributed by atoms with Gasteiger partial charge in [-0.05, 0) is 30.9 Å². The first-order valence-electron chi connectivity index (χ1n) is 7.93. The van der Waals surface area contributed by atoms with Crippen molar-refractivity contribution in [2.45, 2.75) is 38.6 Å². The molecule has 0 aliphatic heterocycles. The monoisotopic (exact) mass is 276 g/mol. The Balaban J connectivity index is 1.39. The first-order valence-corrected chi connectivity index (χ1v) is 7.93. The lowest BCUT2D eigenvalue weighted by molar-refractivity contribution is 0.581. The summed E-state index contributed by atoms with van der Waals surface area (Å²) in [6, 6.07) is 22.6. The molecule has 1 nitrogen and oxygen atoms in total. The van der Waals surface area contributed by atoms with E-state index in [2.05, 4.69) is 71.4 Å². The lowest BCUT2D eigenvalue weighted by atomic mass is 10.1. The van der Waals surface area contributed by atoms with Crippen LogP contribution < -0.4 is 0 Å². The summed E-state index contributed by atoms with van der Waals surface area (Å²) in [6.45, 7) is 1.11. The van der Waals surface area contributed by atoms with Gasteiger partial charge in [-0.1, -0.05) is 61.4 Å². The molecule has 0 atom stereocenters. The zero-order valence-corrected chi connectivity index (χ0v) is 12.5. The SMILES string of the molecule is [c]1cn(CCCCCCc2ccccc2)c2ccccc12. The van der Waals surface area contributed by atoms with Crippen LogP contribution >= 0.6 is 0 Å². The topological polar surface area (TPSA) is 4.93 Å². The maximum atomic E-state index is 3.32. The van der Waals surface area contributed by atoms with Crippen LogP contribution in [-0.4, -0.2) is 4.57 Å². The molecular formula is C20H22N. The normalized spacial score (nSPS) is 11.0. The zero-order valence-electron chi connectivity index (χ0n) is 12.5. The standard InChI is InChI=1S/C20H22N/c1(4-10-18-11-5-3-6-12-18)2-9-16-21-17-15-19-13-7-8-14-20(19)21/h3,5-8,11-14,17H,1-2,4,9-10,16H2. The molecule has 0 N–H and O–H groups in total. The fourth-order valence-corrected chi connectivity index (χ4v) is 2.86. The molecular weight excluding hydrogens is 254 g/mol. The fourth-order valence-electron chi connectivity index (χ4n) is 2.86. The van der Waals surface area contributed by atoms with Crippen LogP contribution in [0.15, 0.2) is 60.8 Å². The van der Waals surface area contributed by atoms with Crippen molar-refractivity contribution in [1.82, 2.24) is 4.57 Å². The number of nitrogens with zero attached hydrogens (tertiary/aromatic N) is 1. The summed E-state index contributed by atoms with van der Waals surface area (Å²) in [7, 11) is 0. The Kier molecular flexibility index (Phi) is 4.73. The van der Waals surface area contributed by atoms with Crippen molar-refractivity contribution in [3.8, 4) is 0 Å². The van der Waals surface area contributed by atoms with E-state index < -0.39 is 0 Å². The summed E-state index contributed by atoms with van der Waals surface area (Å²) >= 11 is 0. The number of para-hydroxylation sites is 1. The molecule has 1 aromatic heterocycles. The van der Waals surface area contributed by atoms with Crippen molar-refractivity contribution in [2.75, 3.05) is 0 Å². The van der Waals surface area contributed by atoms with Gasteiger partial charge < -0.3 is 4.57 Å². The van der Waals surface area contributed by atoms with Crippen molar-refractivity contribution in [3.63, 3.8) is 0 Å². The van der Waals surface area contributed by atoms with Gasteiger partial charge in [-0.3, -0.25) is 0 Å². The average molecular weight is 276 g/mol. The van der Waals surface area contributed by atoms with Gasteiger partial charge in [0.25, 0.3) is 0 Å². The van der Waals surface area contributed by atoms with Gasteiger partial charge in [-0.15, -0.1) is 0 Å². The molecule has 107 valence electrons. The number of benzene rings is 2. The summed E-state index contributed by atoms with van der Waals surface area (Å²) in [5.41, 5.74) is 2.77. The molecule has 0 bridgehead atoms. The highest BCUT2D eigenvalue weighted by atomic mass is 14.9. The van der Waals surface area contributed by atoms with Crippen molar-refractivity contribution in [2.24, 2.45) is 0 Å². The molecule has 0 fully saturated rings. The van der Waals surface area contributed by atoms with Crippen LogP contribution in [-0.2, 0) is 13.0 Å². The van der Waals surface area contributed by atoms with Crippen molar-refractivity contribution < 1.29 is 0 Å². The van der Waals surface area contributed by atoms with Crippen LogP contribution in [0.1, 0.15) is 31.2 Å². The smallest absolute Gasteiger partial charge is 0.0486 e. The highest BCUT2D eigenvalue weighted by Crippen LogP contribution is 2.16. The second-order valence-corrected chi connectivity index (χ2v) is 5.63. The molecule has 0 spiro atoms. The van der Waals surface area contributed by atoms with Crippen LogP contribution in [0.3, 0.4) is 0 Å². The van der Waals surface area contributed by atoms with Gasteiger partial charge in [0.2, 0.25) is 0 Å². The molecule has 2 aromatic carbocycles. The first kappa shape index (κ1) is 13.9. The molecule has 1 heterocycles. The summed E-state index contributed by atoms with van der Waals surface area (Å²) in [5, 5.41) is 1.22. The minimum absolute atomic E-state index is 1.11. The minimum Gasteiger partial charge on any atom is -0.347 e. The summed E-state index contributed by atoms with van der Waals surface area (Å²) in [6.07, 6.45) is 8.47. The summed E-state index contributed by atoms with van der Waals surface area (Å²) in [5.74, 6) is 0. The van der Waals surface area contributed by atoms with E-state index in [0.29, 0.717) is 0 Å². The quantitative estimate of drug-likeness (QED) is 0.520. The maximum absolute atomic E-state index is 3.32. The maximum Gasteiger partial charge on any atom is 0.0486 e. The Bertz CT molecular complexity index is 666. The molecule has 0 aliphatic rings. The molecule has 0 saturated carbocycles. The van der Waals surface area contributed by atoms with Gasteiger partial charge in [0, 0.05) is 29.7 Å². The number of rotatable bonds is 7. The van der Waals surface area contributed by atoms with E-state index in [-0.39, 0.29) is 0 Å². The third-order valence-corrected chi connectivity index (χ3v) is 4.05. The van der Waals surface area contributed by atoms with Gasteiger partial charge in [0.15, 0.2) is 0 Å². The Morgan fingerprint density at radius 2 is 1.52 bits per heavy atom. The Morgan fingerprint density at radius 1 is 0.762 bits per heavy atom. The summed E-state index contributed by atoms with van der Waals surface area (Å²) in [4.78, 5) is 0. The van der Waals surface area contributed by atoms with Crippen molar-refractivity contribution in [1.29, 1.82) is 0 Å². The van der Waals surface area contributed by atoms with Gasteiger partial charge in [0.05, 0.1) is 0 Å². The number of fused-ring (bicyclic) bond motifs is 1. The highest BCUT2D eigenvalue weighted by Gasteiger charge is 2.00. The molecule has 0 saturated heterocycles. The number of hydrogen-bond donors (Lipinski definition) is 0. The molecule has 1 heteroatoms. The molecule has 3 aromatic rings. The Morgan fingerprint density at radius 3 is 2.43 bits per heavy atom. The van der Waals surface area contributed by atoms with E-state index in [1.54, 1.807) is 0 Å². The van der Waals surface area contributed by atoms with Gasteiger partial charge in [-0.25, -0.2) is 0 Å². The second kappa shape index (κ2) is 7.12. The molecule has 0 unspecified atom stereocenters. The van der Waals surface area contributed by atoms with E-state index in [9.17, 15) is 0 Å². The van der Waals surface area contributed by atoms with Crippen LogP contribution in [0, 0.1) is 6.07 Å². The lowest BCUT2D eigenvalue weighted by Gasteiger charge is -2.05. The Labute approximate surface area is 127 Å². The third-order valence-electron chi connectivity index (χ3n) is 4.05. The van der Waals surface area contributed by atoms with E-state index in [1.807, 2.05) is 0 Å². The lowest BCUT2D eigenvalue weighted by Crippen LogP contribution is -1.96. The molecule has 0 aliphatic carbocycles. The van der Waals surface area contributed by atoms with Crippen molar-refractivity contribution in [3.05, 3.63) is 72.4 Å². The predicted molar refractivity (Wildman–Crippen MR) is 89.4 cm³/mol. The van der Waals surface area contributed by atoms with E-state index in [4.69, 9.17) is 0 Å². The zero-order chi connectivity index (χ0) is 14.3. The van der Waals surface area contributed by atoms with E-state index in [0.717, 1.165) is 6.54 Å². The van der Waals surface area contributed by atoms with Crippen LogP contribution in [0.25, 0.3) is 10.9 Å². The van der Waals surface area contributed by atoms with E-state index in [1.165, 1.54) is 48.6 Å². The van der Waals surface area contributed by atoms with Gasteiger partial charge >= 0.3 is 0 Å². The largest absolute Gasteiger partial charge is 0.347 e. The van der Waals surface area contributed by atoms with Gasteiger partial charge in [-0.2, -0.15) is 0 Å². The molecule has 1 radical (unpaired) electrons. The van der Waals surface area contributed by atoms with Gasteiger partial charge in [0.1, 0.15) is 0 Å². The highest BCUT2D eigenvalue weighted by molar-refractivity contribution is 5.79. The molecule has 3 rings (SSSR count). The number of aryl methyl sites for hydroxylation is 2. The van der Waals surface area contributed by atoms with E-state index >= 15 is 0 Å². The average Bonchev–Trinajstić information content (AvgIpc) is 2.95. The van der Waals surface area contributed by atoms with Crippen LogP contribution in [0.4, 0.5) is 0 Å². The molecule has 21 heavy (non-hydrogen) atoms. The van der Waals surface area contributed by atoms with Crippen LogP contribution in [0.5, 0.6) is 0 Å². The first-order chi connectivity index (χ1) is 10.4. The minimum atomic E-state index is 1.11. The number of unbranched alkanes of at least 4 members (excludes halogenated alkanes) is 3. The van der Waals surface area contributed by atoms with Crippen molar-refractivity contribution >= 4 is 10.9 Å². The van der Waals surface area contributed by atoms with Crippen LogP contribution in [0.2, 0.25) is 0 Å².